The first-order chi connectivity index (χ1) is 10.0. The third kappa shape index (κ3) is 3.90. The van der Waals surface area contributed by atoms with Crippen LogP contribution >= 0.6 is 59.4 Å². The number of hydrogen-bond donors (Lipinski definition) is 0. The summed E-state index contributed by atoms with van der Waals surface area (Å²) in [4.78, 5) is 0. The summed E-state index contributed by atoms with van der Waals surface area (Å²) in [5.41, 5.74) is 1.96. The molecule has 2 rings (SSSR count). The van der Waals surface area contributed by atoms with Gasteiger partial charge in [-0.2, -0.15) is 0 Å². The Morgan fingerprint density at radius 2 is 1.71 bits per heavy atom. The van der Waals surface area contributed by atoms with E-state index in [0.717, 1.165) is 33.2 Å². The zero-order chi connectivity index (χ0) is 15.5. The number of hydrogen-bond acceptors (Lipinski definition) is 0. The van der Waals surface area contributed by atoms with Gasteiger partial charge < -0.3 is 0 Å². The minimum Gasteiger partial charge on any atom is -0.206 e. The van der Waals surface area contributed by atoms with Crippen LogP contribution in [0, 0.1) is 5.82 Å². The summed E-state index contributed by atoms with van der Waals surface area (Å²) in [5, 5.41) is 2.26. The van der Waals surface area contributed by atoms with E-state index in [-0.39, 0.29) is 11.2 Å². The van der Waals surface area contributed by atoms with Gasteiger partial charge >= 0.3 is 0 Å². The Kier molecular flexibility index (Phi) is 6.30. The van der Waals surface area contributed by atoms with Crippen molar-refractivity contribution in [3.63, 3.8) is 0 Å². The first-order valence-corrected chi connectivity index (χ1v) is 9.74. The van der Waals surface area contributed by atoms with Crippen LogP contribution in [-0.2, 0) is 11.8 Å². The number of rotatable bonds is 5. The molecule has 0 aromatic heterocycles. The van der Waals surface area contributed by atoms with Gasteiger partial charge in [-0.05, 0) is 51.7 Å². The van der Waals surface area contributed by atoms with E-state index in [9.17, 15) is 4.39 Å². The van der Waals surface area contributed by atoms with E-state index in [2.05, 4.69) is 47.8 Å². The second-order valence-electron chi connectivity index (χ2n) is 4.95. The van der Waals surface area contributed by atoms with Crippen molar-refractivity contribution in [1.82, 2.24) is 0 Å². The van der Waals surface area contributed by atoms with Crippen LogP contribution in [0.3, 0.4) is 0 Å². The fourth-order valence-corrected chi connectivity index (χ4v) is 4.99. The van der Waals surface area contributed by atoms with E-state index in [0.29, 0.717) is 4.47 Å². The molecule has 0 aliphatic heterocycles. The molecule has 0 N–H and O–H groups in total. The van der Waals surface area contributed by atoms with Crippen LogP contribution in [0.4, 0.5) is 4.39 Å². The van der Waals surface area contributed by atoms with Crippen molar-refractivity contribution in [2.24, 2.45) is 0 Å². The van der Waals surface area contributed by atoms with Gasteiger partial charge in [-0.25, -0.2) is 4.39 Å². The molecule has 0 unspecified atom stereocenters. The third-order valence-electron chi connectivity index (χ3n) is 3.48. The molecule has 2 aromatic carbocycles. The molecule has 2 aromatic rings. The highest BCUT2D eigenvalue weighted by atomic mass is 79.9. The van der Waals surface area contributed by atoms with Crippen molar-refractivity contribution >= 4 is 59.4 Å². The Morgan fingerprint density at radius 1 is 1.05 bits per heavy atom. The first kappa shape index (κ1) is 17.5. The highest BCUT2D eigenvalue weighted by molar-refractivity contribution is 9.10. The predicted octanol–water partition coefficient (Wildman–Crippen LogP) is 6.51. The molecule has 112 valence electrons. The number of alkyl halides is 2. The number of halogens is 5. The highest BCUT2D eigenvalue weighted by Gasteiger charge is 2.32. The molecule has 0 aliphatic rings. The van der Waals surface area contributed by atoms with E-state index < -0.39 is 0 Å². The van der Waals surface area contributed by atoms with Gasteiger partial charge in [0.25, 0.3) is 0 Å². The Bertz CT molecular complexity index is 627. The Hall–Kier alpha value is 0.1000. The van der Waals surface area contributed by atoms with E-state index in [1.165, 1.54) is 6.07 Å². The van der Waals surface area contributed by atoms with Gasteiger partial charge in [0.1, 0.15) is 5.82 Å². The molecule has 0 saturated heterocycles. The van der Waals surface area contributed by atoms with Crippen molar-refractivity contribution < 1.29 is 4.39 Å². The molecule has 0 fully saturated rings. The lowest BCUT2D eigenvalue weighted by molar-refractivity contribution is 0.549. The molecule has 0 spiro atoms. The zero-order valence-electron chi connectivity index (χ0n) is 11.1. The Balaban J connectivity index is 2.43. The van der Waals surface area contributed by atoms with Gasteiger partial charge in [0.05, 0.1) is 4.47 Å². The molecule has 0 saturated carbocycles. The standard InChI is InChI=1S/C16H13Br3ClF/c17-9-16(10-18,12-3-1-2-4-14(12)20)8-11-5-6-15(21)13(19)7-11/h1-7H,8-10H2. The zero-order valence-corrected chi connectivity index (χ0v) is 16.6. The maximum absolute atomic E-state index is 13.4. The van der Waals surface area contributed by atoms with Crippen molar-refractivity contribution in [2.45, 2.75) is 11.8 Å². The molecule has 0 radical (unpaired) electrons. The fraction of sp³-hybridized carbons (Fsp3) is 0.250. The SMILES string of the molecule is Fc1ccc(CC(CBr)(CBr)c2ccccc2Cl)cc1Br. The molecule has 21 heavy (non-hydrogen) atoms. The second-order valence-corrected chi connectivity index (χ2v) is 7.34. The van der Waals surface area contributed by atoms with Gasteiger partial charge in [0, 0.05) is 21.1 Å². The number of benzene rings is 2. The van der Waals surface area contributed by atoms with Crippen LogP contribution < -0.4 is 0 Å². The summed E-state index contributed by atoms with van der Waals surface area (Å²) >= 11 is 16.9. The largest absolute Gasteiger partial charge is 0.206 e. The summed E-state index contributed by atoms with van der Waals surface area (Å²) in [6, 6.07) is 13.0. The van der Waals surface area contributed by atoms with Crippen molar-refractivity contribution in [2.75, 3.05) is 10.7 Å². The first-order valence-electron chi connectivity index (χ1n) is 6.33. The normalized spacial score (nSPS) is 11.7. The van der Waals surface area contributed by atoms with Crippen LogP contribution in [0.1, 0.15) is 11.1 Å². The Labute approximate surface area is 154 Å². The van der Waals surface area contributed by atoms with Crippen LogP contribution in [0.2, 0.25) is 5.02 Å². The van der Waals surface area contributed by atoms with Crippen LogP contribution in [0.15, 0.2) is 46.9 Å². The van der Waals surface area contributed by atoms with Crippen LogP contribution in [0.25, 0.3) is 0 Å². The monoisotopic (exact) mass is 496 g/mol. The van der Waals surface area contributed by atoms with E-state index in [4.69, 9.17) is 11.6 Å². The lowest BCUT2D eigenvalue weighted by Crippen LogP contribution is -2.33. The van der Waals surface area contributed by atoms with E-state index in [1.807, 2.05) is 36.4 Å². The molecular formula is C16H13Br3ClF. The third-order valence-corrected chi connectivity index (χ3v) is 6.57. The maximum Gasteiger partial charge on any atom is 0.137 e. The van der Waals surface area contributed by atoms with E-state index >= 15 is 0 Å². The molecule has 0 amide bonds. The molecular weight excluding hydrogens is 486 g/mol. The van der Waals surface area contributed by atoms with Gasteiger partial charge in [-0.3, -0.25) is 0 Å². The predicted molar refractivity (Wildman–Crippen MR) is 98.5 cm³/mol. The quantitative estimate of drug-likeness (QED) is 0.412. The van der Waals surface area contributed by atoms with Gasteiger partial charge in [0.15, 0.2) is 0 Å². The molecule has 5 heteroatoms. The lowest BCUT2D eigenvalue weighted by Gasteiger charge is -2.32. The minimum atomic E-state index is -0.250. The van der Waals surface area contributed by atoms with Gasteiger partial charge in [0.2, 0.25) is 0 Å². The second kappa shape index (κ2) is 7.58. The van der Waals surface area contributed by atoms with Crippen molar-refractivity contribution in [3.8, 4) is 0 Å². The summed E-state index contributed by atoms with van der Waals surface area (Å²) in [6.45, 7) is 0. The summed E-state index contributed by atoms with van der Waals surface area (Å²) in [6.07, 6.45) is 0.756. The van der Waals surface area contributed by atoms with Crippen LogP contribution in [0.5, 0.6) is 0 Å². The summed E-state index contributed by atoms with van der Waals surface area (Å²) in [7, 11) is 0. The molecule has 0 nitrogen and oxygen atoms in total. The minimum absolute atomic E-state index is 0.185. The Morgan fingerprint density at radius 3 is 2.29 bits per heavy atom. The van der Waals surface area contributed by atoms with Gasteiger partial charge in [-0.15, -0.1) is 0 Å². The van der Waals surface area contributed by atoms with Crippen molar-refractivity contribution in [3.05, 3.63) is 68.9 Å². The lowest BCUT2D eigenvalue weighted by atomic mass is 9.79. The average molecular weight is 499 g/mol. The maximum atomic E-state index is 13.4. The summed E-state index contributed by atoms with van der Waals surface area (Å²) < 4.78 is 13.9. The smallest absolute Gasteiger partial charge is 0.137 e. The molecule has 0 heterocycles. The molecule has 0 bridgehead atoms. The topological polar surface area (TPSA) is 0 Å². The summed E-state index contributed by atoms with van der Waals surface area (Å²) in [5.74, 6) is -0.250. The van der Waals surface area contributed by atoms with Gasteiger partial charge in [-0.1, -0.05) is 67.7 Å². The highest BCUT2D eigenvalue weighted by Crippen LogP contribution is 2.37. The van der Waals surface area contributed by atoms with Crippen LogP contribution in [-0.4, -0.2) is 10.7 Å². The average Bonchev–Trinajstić information content (AvgIpc) is 2.49. The van der Waals surface area contributed by atoms with Crippen molar-refractivity contribution in [1.29, 1.82) is 0 Å². The fourth-order valence-electron chi connectivity index (χ4n) is 2.30. The molecule has 0 atom stereocenters. The van der Waals surface area contributed by atoms with E-state index in [1.54, 1.807) is 0 Å². The molecule has 0 aliphatic carbocycles.